The zero-order valence-electron chi connectivity index (χ0n) is 11.7. The number of halogens is 1. The third kappa shape index (κ3) is 4.26. The largest absolute Gasteiger partial charge is 0.481 e. The molecule has 4 nitrogen and oxygen atoms in total. The van der Waals surface area contributed by atoms with Crippen LogP contribution in [0.15, 0.2) is 52.3 Å². The Morgan fingerprint density at radius 3 is 2.45 bits per heavy atom. The molecule has 114 valence electrons. The van der Waals surface area contributed by atoms with Gasteiger partial charge < -0.3 is 9.84 Å². The average Bonchev–Trinajstić information content (AvgIpc) is 2.49. The highest BCUT2D eigenvalue weighted by Crippen LogP contribution is 2.32. The van der Waals surface area contributed by atoms with Crippen molar-refractivity contribution in [1.82, 2.24) is 0 Å². The molecule has 0 heterocycles. The van der Waals surface area contributed by atoms with Crippen LogP contribution in [0.2, 0.25) is 5.02 Å². The van der Waals surface area contributed by atoms with Crippen molar-refractivity contribution in [2.75, 3.05) is 7.11 Å². The first kappa shape index (κ1) is 16.4. The zero-order valence-corrected chi connectivity index (χ0v) is 13.3. The molecule has 0 aliphatic carbocycles. The summed E-state index contributed by atoms with van der Waals surface area (Å²) in [6.07, 6.45) is -0.143. The van der Waals surface area contributed by atoms with Gasteiger partial charge in [-0.3, -0.25) is 4.79 Å². The molecule has 2 rings (SSSR count). The van der Waals surface area contributed by atoms with Crippen LogP contribution in [-0.2, 0) is 16.0 Å². The number of carbonyl (C=O) groups excluding carboxylic acids is 1. The van der Waals surface area contributed by atoms with Crippen molar-refractivity contribution < 1.29 is 19.4 Å². The lowest BCUT2D eigenvalue weighted by Gasteiger charge is -2.09. The summed E-state index contributed by atoms with van der Waals surface area (Å²) in [5, 5.41) is 9.48. The van der Waals surface area contributed by atoms with Crippen molar-refractivity contribution in [3.8, 4) is 0 Å². The summed E-state index contributed by atoms with van der Waals surface area (Å²) in [6.45, 7) is 0. The third-order valence-electron chi connectivity index (χ3n) is 2.85. The quantitative estimate of drug-likeness (QED) is 0.839. The van der Waals surface area contributed by atoms with Gasteiger partial charge in [0.15, 0.2) is 0 Å². The number of carboxylic acid groups (broad SMARTS) is 1. The standard InChI is InChI=1S/C16H13ClO4S/c1-21-16(20)13-8-10(9-15(18)19)2-7-14(13)22-12-5-3-11(17)4-6-12/h2-8H,9H2,1H3,(H,18,19). The third-order valence-corrected chi connectivity index (χ3v) is 4.18. The van der Waals surface area contributed by atoms with Crippen molar-refractivity contribution in [1.29, 1.82) is 0 Å². The molecule has 0 amide bonds. The second-order valence-corrected chi connectivity index (χ2v) is 6.00. The minimum absolute atomic E-state index is 0.143. The molecular weight excluding hydrogens is 324 g/mol. The van der Waals surface area contributed by atoms with Crippen LogP contribution in [0, 0.1) is 0 Å². The summed E-state index contributed by atoms with van der Waals surface area (Å²) in [6, 6.07) is 12.2. The molecule has 22 heavy (non-hydrogen) atoms. The van der Waals surface area contributed by atoms with Crippen LogP contribution in [0.1, 0.15) is 15.9 Å². The first-order valence-electron chi connectivity index (χ1n) is 6.36. The molecule has 0 saturated carbocycles. The van der Waals surface area contributed by atoms with E-state index in [2.05, 4.69) is 0 Å². The highest BCUT2D eigenvalue weighted by Gasteiger charge is 2.15. The first-order chi connectivity index (χ1) is 10.5. The number of benzene rings is 2. The van der Waals surface area contributed by atoms with E-state index in [1.54, 1.807) is 30.3 Å². The fourth-order valence-electron chi connectivity index (χ4n) is 1.85. The number of ether oxygens (including phenoxy) is 1. The van der Waals surface area contributed by atoms with E-state index in [4.69, 9.17) is 21.4 Å². The Hall–Kier alpha value is -1.98. The molecule has 0 aliphatic rings. The van der Waals surface area contributed by atoms with Crippen molar-refractivity contribution in [2.45, 2.75) is 16.2 Å². The van der Waals surface area contributed by atoms with E-state index < -0.39 is 11.9 Å². The molecule has 0 unspecified atom stereocenters. The van der Waals surface area contributed by atoms with Crippen molar-refractivity contribution in [2.24, 2.45) is 0 Å². The number of esters is 1. The smallest absolute Gasteiger partial charge is 0.339 e. The molecule has 0 radical (unpaired) electrons. The van der Waals surface area contributed by atoms with Gasteiger partial charge in [-0.1, -0.05) is 29.4 Å². The summed E-state index contributed by atoms with van der Waals surface area (Å²) in [4.78, 5) is 24.3. The Labute approximate surface area is 137 Å². The van der Waals surface area contributed by atoms with Gasteiger partial charge >= 0.3 is 11.9 Å². The van der Waals surface area contributed by atoms with E-state index in [-0.39, 0.29) is 6.42 Å². The minimum atomic E-state index is -0.950. The SMILES string of the molecule is COC(=O)c1cc(CC(=O)O)ccc1Sc1ccc(Cl)cc1. The van der Waals surface area contributed by atoms with Gasteiger partial charge in [0, 0.05) is 14.8 Å². The van der Waals surface area contributed by atoms with E-state index in [0.717, 1.165) is 4.90 Å². The van der Waals surface area contributed by atoms with Crippen molar-refractivity contribution in [3.05, 3.63) is 58.6 Å². The maximum absolute atomic E-state index is 11.9. The van der Waals surface area contributed by atoms with Gasteiger partial charge in [0.1, 0.15) is 0 Å². The number of hydrogen-bond acceptors (Lipinski definition) is 4. The van der Waals surface area contributed by atoms with Gasteiger partial charge in [-0.25, -0.2) is 4.79 Å². The summed E-state index contributed by atoms with van der Waals surface area (Å²) < 4.78 is 4.77. The predicted molar refractivity (Wildman–Crippen MR) is 84.7 cm³/mol. The van der Waals surface area contributed by atoms with Crippen LogP contribution in [0.25, 0.3) is 0 Å². The normalized spacial score (nSPS) is 10.3. The lowest BCUT2D eigenvalue weighted by atomic mass is 10.1. The second kappa shape index (κ2) is 7.33. The molecule has 0 aromatic heterocycles. The first-order valence-corrected chi connectivity index (χ1v) is 7.55. The second-order valence-electron chi connectivity index (χ2n) is 4.45. The molecule has 0 saturated heterocycles. The van der Waals surface area contributed by atoms with Gasteiger partial charge in [0.2, 0.25) is 0 Å². The van der Waals surface area contributed by atoms with Crippen LogP contribution in [0.5, 0.6) is 0 Å². The van der Waals surface area contributed by atoms with E-state index in [1.807, 2.05) is 12.1 Å². The predicted octanol–water partition coefficient (Wildman–Crippen LogP) is 3.90. The highest BCUT2D eigenvalue weighted by atomic mass is 35.5. The van der Waals surface area contributed by atoms with Gasteiger partial charge in [0.05, 0.1) is 19.1 Å². The van der Waals surface area contributed by atoms with E-state index in [9.17, 15) is 9.59 Å². The summed E-state index contributed by atoms with van der Waals surface area (Å²) in [7, 11) is 1.29. The Morgan fingerprint density at radius 1 is 1.18 bits per heavy atom. The number of aliphatic carboxylic acids is 1. The minimum Gasteiger partial charge on any atom is -0.481 e. The number of rotatable bonds is 5. The summed E-state index contributed by atoms with van der Waals surface area (Å²) >= 11 is 7.24. The Kier molecular flexibility index (Phi) is 5.46. The molecule has 0 fully saturated rings. The fourth-order valence-corrected chi connectivity index (χ4v) is 2.89. The van der Waals surface area contributed by atoms with Crippen LogP contribution in [-0.4, -0.2) is 24.2 Å². The van der Waals surface area contributed by atoms with Gasteiger partial charge in [-0.2, -0.15) is 0 Å². The summed E-state index contributed by atoms with van der Waals surface area (Å²) in [5.41, 5.74) is 0.898. The van der Waals surface area contributed by atoms with Gasteiger partial charge in [-0.05, 0) is 42.0 Å². The maximum Gasteiger partial charge on any atom is 0.339 e. The number of carboxylic acids is 1. The van der Waals surface area contributed by atoms with Crippen LogP contribution in [0.3, 0.4) is 0 Å². The topological polar surface area (TPSA) is 63.6 Å². The van der Waals surface area contributed by atoms with Gasteiger partial charge in [-0.15, -0.1) is 0 Å². The number of methoxy groups -OCH3 is 1. The fraction of sp³-hybridized carbons (Fsp3) is 0.125. The monoisotopic (exact) mass is 336 g/mol. The molecule has 6 heteroatoms. The Balaban J connectivity index is 2.34. The Morgan fingerprint density at radius 2 is 1.86 bits per heavy atom. The van der Waals surface area contributed by atoms with E-state index in [1.165, 1.54) is 18.9 Å². The lowest BCUT2D eigenvalue weighted by Crippen LogP contribution is -2.06. The average molecular weight is 337 g/mol. The molecule has 0 aliphatic heterocycles. The highest BCUT2D eigenvalue weighted by molar-refractivity contribution is 7.99. The van der Waals surface area contributed by atoms with Crippen molar-refractivity contribution >= 4 is 35.3 Å². The molecule has 2 aromatic carbocycles. The van der Waals surface area contributed by atoms with Crippen molar-refractivity contribution in [3.63, 3.8) is 0 Å². The number of hydrogen-bond donors (Lipinski definition) is 1. The zero-order chi connectivity index (χ0) is 16.1. The van der Waals surface area contributed by atoms with E-state index >= 15 is 0 Å². The molecular formula is C16H13ClO4S. The Bertz CT molecular complexity index is 698. The molecule has 0 atom stereocenters. The molecule has 0 spiro atoms. The van der Waals surface area contributed by atoms with Crippen LogP contribution < -0.4 is 0 Å². The van der Waals surface area contributed by atoms with Crippen LogP contribution >= 0.6 is 23.4 Å². The maximum atomic E-state index is 11.9. The molecule has 1 N–H and O–H groups in total. The van der Waals surface area contributed by atoms with Crippen LogP contribution in [0.4, 0.5) is 0 Å². The molecule has 2 aromatic rings. The van der Waals surface area contributed by atoms with Gasteiger partial charge in [0.25, 0.3) is 0 Å². The summed E-state index contributed by atoms with van der Waals surface area (Å²) in [5.74, 6) is -1.45. The molecule has 0 bridgehead atoms. The lowest BCUT2D eigenvalue weighted by molar-refractivity contribution is -0.136. The van der Waals surface area contributed by atoms with E-state index in [0.29, 0.717) is 21.0 Å². The number of carbonyl (C=O) groups is 2.